The number of hydrogen-bond donors (Lipinski definition) is 2. The highest BCUT2D eigenvalue weighted by molar-refractivity contribution is 7.99. The number of nitriles is 1. The number of benzene rings is 1. The first-order valence-electron chi connectivity index (χ1n) is 10.5. The van der Waals surface area contributed by atoms with E-state index in [1.165, 1.54) is 40.1 Å². The lowest BCUT2D eigenvalue weighted by molar-refractivity contribution is -0.113. The van der Waals surface area contributed by atoms with Gasteiger partial charge in [-0.1, -0.05) is 11.8 Å². The lowest BCUT2D eigenvalue weighted by Gasteiger charge is -2.09. The predicted molar refractivity (Wildman–Crippen MR) is 124 cm³/mol. The number of thiophene rings is 1. The van der Waals surface area contributed by atoms with Crippen molar-refractivity contribution in [1.29, 1.82) is 5.26 Å². The van der Waals surface area contributed by atoms with Crippen molar-refractivity contribution in [3.63, 3.8) is 0 Å². The molecule has 0 fully saturated rings. The topological polar surface area (TPSA) is 95.6 Å². The highest BCUT2D eigenvalue weighted by Gasteiger charge is 2.22. The summed E-state index contributed by atoms with van der Waals surface area (Å²) < 4.78 is 15.0. The van der Waals surface area contributed by atoms with Crippen LogP contribution in [0.25, 0.3) is 0 Å². The van der Waals surface area contributed by atoms with Crippen LogP contribution < -0.4 is 10.6 Å². The van der Waals surface area contributed by atoms with Crippen molar-refractivity contribution in [2.24, 2.45) is 0 Å². The molecule has 0 saturated heterocycles. The summed E-state index contributed by atoms with van der Waals surface area (Å²) in [5.41, 5.74) is 2.52. The number of thioether (sulfide) groups is 1. The predicted octanol–water partition coefficient (Wildman–Crippen LogP) is 4.59. The summed E-state index contributed by atoms with van der Waals surface area (Å²) >= 11 is 2.84. The monoisotopic (exact) mass is 470 g/mol. The largest absolute Gasteiger partial charge is 0.378 e. The number of nitrogens with zero attached hydrogens (tertiary/aromatic N) is 4. The van der Waals surface area contributed by atoms with Gasteiger partial charge < -0.3 is 15.2 Å². The van der Waals surface area contributed by atoms with Crippen molar-refractivity contribution in [3.8, 4) is 6.07 Å². The molecule has 1 amide bonds. The van der Waals surface area contributed by atoms with E-state index in [0.29, 0.717) is 28.8 Å². The van der Waals surface area contributed by atoms with Crippen LogP contribution in [-0.2, 0) is 30.7 Å². The number of carbonyl (C=O) groups excluding carboxylic acids is 1. The van der Waals surface area contributed by atoms with Gasteiger partial charge in [-0.25, -0.2) is 4.39 Å². The van der Waals surface area contributed by atoms with Crippen molar-refractivity contribution < 1.29 is 9.18 Å². The lowest BCUT2D eigenvalue weighted by atomic mass is 9.96. The van der Waals surface area contributed by atoms with E-state index in [4.69, 9.17) is 0 Å². The number of nitrogens with one attached hydrogen (secondary N) is 2. The molecule has 3 aromatic rings. The summed E-state index contributed by atoms with van der Waals surface area (Å²) in [4.78, 5) is 13.8. The fourth-order valence-electron chi connectivity index (χ4n) is 3.69. The van der Waals surface area contributed by atoms with Gasteiger partial charge in [-0.3, -0.25) is 4.79 Å². The van der Waals surface area contributed by atoms with Gasteiger partial charge in [0.25, 0.3) is 0 Å². The third kappa shape index (κ3) is 4.95. The number of rotatable bonds is 8. The number of aryl methyl sites for hydroxylation is 1. The molecule has 2 N–H and O–H groups in total. The van der Waals surface area contributed by atoms with Crippen LogP contribution >= 0.6 is 23.1 Å². The Hall–Kier alpha value is -2.90. The van der Waals surface area contributed by atoms with Gasteiger partial charge in [-0.05, 0) is 62.4 Å². The van der Waals surface area contributed by atoms with E-state index >= 15 is 0 Å². The van der Waals surface area contributed by atoms with Crippen molar-refractivity contribution in [2.75, 3.05) is 16.4 Å². The summed E-state index contributed by atoms with van der Waals surface area (Å²) in [6, 6.07) is 8.40. The first-order chi connectivity index (χ1) is 15.6. The summed E-state index contributed by atoms with van der Waals surface area (Å²) in [6.45, 7) is 3.09. The Morgan fingerprint density at radius 1 is 1.28 bits per heavy atom. The molecular formula is C22H23FN6OS2. The third-order valence-electron chi connectivity index (χ3n) is 5.27. The van der Waals surface area contributed by atoms with Gasteiger partial charge in [0.05, 0.1) is 17.9 Å². The summed E-state index contributed by atoms with van der Waals surface area (Å²) in [5.74, 6) is 0.463. The first-order valence-corrected chi connectivity index (χ1v) is 12.3. The van der Waals surface area contributed by atoms with Crippen molar-refractivity contribution in [2.45, 2.75) is 50.9 Å². The molecule has 1 aromatic carbocycles. The van der Waals surface area contributed by atoms with E-state index in [9.17, 15) is 14.4 Å². The van der Waals surface area contributed by atoms with E-state index in [0.717, 1.165) is 42.8 Å². The molecule has 166 valence electrons. The van der Waals surface area contributed by atoms with Gasteiger partial charge >= 0.3 is 0 Å². The molecule has 1 aliphatic carbocycles. The third-order valence-corrected chi connectivity index (χ3v) is 7.45. The van der Waals surface area contributed by atoms with Gasteiger partial charge in [0.15, 0.2) is 11.0 Å². The summed E-state index contributed by atoms with van der Waals surface area (Å²) in [6.07, 6.45) is 4.11. The molecule has 1 aliphatic rings. The average molecular weight is 471 g/mol. The minimum absolute atomic E-state index is 0.165. The van der Waals surface area contributed by atoms with Crippen LogP contribution in [0.3, 0.4) is 0 Å². The Bertz CT molecular complexity index is 1150. The molecule has 0 spiro atoms. The van der Waals surface area contributed by atoms with Crippen LogP contribution in [0.4, 0.5) is 15.1 Å². The molecule has 0 unspecified atom stereocenters. The standard InChI is InChI=1S/C22H23FN6OS2/c1-2-29-19(12-25-15-9-7-14(23)8-10-15)27-28-22(29)31-13-20(30)26-21-17(11-24)16-5-3-4-6-18(16)32-21/h7-10,25H,2-6,12-13H2,1H3,(H,26,30). The molecule has 0 radical (unpaired) electrons. The maximum absolute atomic E-state index is 13.1. The molecule has 2 heterocycles. The molecule has 7 nitrogen and oxygen atoms in total. The summed E-state index contributed by atoms with van der Waals surface area (Å²) in [5, 5.41) is 25.5. The Morgan fingerprint density at radius 3 is 2.81 bits per heavy atom. The zero-order valence-corrected chi connectivity index (χ0v) is 19.3. The molecule has 0 saturated carbocycles. The van der Waals surface area contributed by atoms with Gasteiger partial charge in [0, 0.05) is 17.1 Å². The minimum Gasteiger partial charge on any atom is -0.378 e. The number of carbonyl (C=O) groups is 1. The SMILES string of the molecule is CCn1c(CNc2ccc(F)cc2)nnc1SCC(=O)Nc1sc2c(c1C#N)CCCC2. The molecule has 4 rings (SSSR count). The normalized spacial score (nSPS) is 12.8. The van der Waals surface area contributed by atoms with Gasteiger partial charge in [0.2, 0.25) is 5.91 Å². The van der Waals surface area contributed by atoms with Gasteiger partial charge in [-0.2, -0.15) is 5.26 Å². The second-order valence-corrected chi connectivity index (χ2v) is 9.41. The van der Waals surface area contributed by atoms with E-state index in [1.807, 2.05) is 11.5 Å². The van der Waals surface area contributed by atoms with Crippen molar-refractivity contribution >= 4 is 39.7 Å². The van der Waals surface area contributed by atoms with Crippen LogP contribution in [0, 0.1) is 17.1 Å². The quantitative estimate of drug-likeness (QED) is 0.468. The fraction of sp³-hybridized carbons (Fsp3) is 0.364. The number of amides is 1. The number of fused-ring (bicyclic) bond motifs is 1. The number of hydrogen-bond acceptors (Lipinski definition) is 7. The second kappa shape index (κ2) is 10.1. The van der Waals surface area contributed by atoms with Gasteiger partial charge in [0.1, 0.15) is 16.9 Å². The molecule has 0 bridgehead atoms. The maximum atomic E-state index is 13.1. The molecular weight excluding hydrogens is 447 g/mol. The minimum atomic E-state index is -0.283. The molecule has 32 heavy (non-hydrogen) atoms. The van der Waals surface area contributed by atoms with Crippen LogP contribution in [0.1, 0.15) is 41.6 Å². The van der Waals surface area contributed by atoms with Crippen LogP contribution in [0.2, 0.25) is 0 Å². The van der Waals surface area contributed by atoms with Crippen LogP contribution in [-0.4, -0.2) is 26.4 Å². The molecule has 2 aromatic heterocycles. The molecule has 10 heteroatoms. The van der Waals surface area contributed by atoms with Crippen molar-refractivity contribution in [3.05, 3.63) is 51.9 Å². The van der Waals surface area contributed by atoms with E-state index in [2.05, 4.69) is 26.9 Å². The fourth-order valence-corrected chi connectivity index (χ4v) is 5.77. The van der Waals surface area contributed by atoms with E-state index < -0.39 is 0 Å². The second-order valence-electron chi connectivity index (χ2n) is 7.37. The smallest absolute Gasteiger partial charge is 0.235 e. The number of anilines is 2. The Balaban J connectivity index is 1.36. The Morgan fingerprint density at radius 2 is 2.06 bits per heavy atom. The summed E-state index contributed by atoms with van der Waals surface area (Å²) in [7, 11) is 0. The molecule has 0 atom stereocenters. The maximum Gasteiger partial charge on any atom is 0.235 e. The Labute approximate surface area is 194 Å². The highest BCUT2D eigenvalue weighted by atomic mass is 32.2. The van der Waals surface area contributed by atoms with Crippen molar-refractivity contribution in [1.82, 2.24) is 14.8 Å². The Kier molecular flexibility index (Phi) is 7.07. The average Bonchev–Trinajstić information content (AvgIpc) is 3.36. The van der Waals surface area contributed by atoms with E-state index in [1.54, 1.807) is 12.1 Å². The first kappa shape index (κ1) is 22.3. The molecule has 0 aliphatic heterocycles. The van der Waals surface area contributed by atoms with Gasteiger partial charge in [-0.15, -0.1) is 21.5 Å². The van der Waals surface area contributed by atoms with Crippen LogP contribution in [0.15, 0.2) is 29.4 Å². The number of halogens is 1. The zero-order chi connectivity index (χ0) is 22.5. The highest BCUT2D eigenvalue weighted by Crippen LogP contribution is 2.37. The van der Waals surface area contributed by atoms with Crippen LogP contribution in [0.5, 0.6) is 0 Å². The van der Waals surface area contributed by atoms with E-state index in [-0.39, 0.29) is 17.5 Å². The zero-order valence-electron chi connectivity index (χ0n) is 17.7. The lowest BCUT2D eigenvalue weighted by Crippen LogP contribution is -2.15. The number of aromatic nitrogens is 3.